The lowest BCUT2D eigenvalue weighted by Gasteiger charge is -2.26. The van der Waals surface area contributed by atoms with E-state index in [1.165, 1.54) is 0 Å². The summed E-state index contributed by atoms with van der Waals surface area (Å²) in [6, 6.07) is 0. The number of aliphatic hydroxyl groups is 2. The van der Waals surface area contributed by atoms with E-state index in [-0.39, 0.29) is 30.3 Å². The Hall–Kier alpha value is -0.980. The van der Waals surface area contributed by atoms with E-state index in [1.807, 2.05) is 6.92 Å². The van der Waals surface area contributed by atoms with Gasteiger partial charge in [0.15, 0.2) is 0 Å². The SMILES string of the molecule is COC1CCC(=O)C(C)C(O)C(O)COC(=O)C(C)C[C@H](C)C1. The van der Waals surface area contributed by atoms with Gasteiger partial charge in [-0.3, -0.25) is 9.59 Å². The van der Waals surface area contributed by atoms with Gasteiger partial charge in [-0.1, -0.05) is 20.8 Å². The van der Waals surface area contributed by atoms with Crippen LogP contribution in [0.1, 0.15) is 46.5 Å². The third-order valence-corrected chi connectivity index (χ3v) is 4.68. The van der Waals surface area contributed by atoms with Crippen LogP contribution in [0.4, 0.5) is 0 Å². The molecule has 5 unspecified atom stereocenters. The number of esters is 1. The van der Waals surface area contributed by atoms with Crippen LogP contribution < -0.4 is 0 Å². The molecule has 0 saturated carbocycles. The predicted octanol–water partition coefficient (Wildman–Crippen LogP) is 1.32. The third kappa shape index (κ3) is 6.20. The molecule has 6 nitrogen and oxygen atoms in total. The molecule has 6 atom stereocenters. The Kier molecular flexibility index (Phi) is 8.16. The van der Waals surface area contributed by atoms with Gasteiger partial charge in [-0.25, -0.2) is 0 Å². The number of rotatable bonds is 1. The maximum Gasteiger partial charge on any atom is 0.308 e. The first-order valence-corrected chi connectivity index (χ1v) is 8.34. The summed E-state index contributed by atoms with van der Waals surface area (Å²) in [4.78, 5) is 24.1. The summed E-state index contributed by atoms with van der Waals surface area (Å²) in [6.45, 7) is 5.13. The average molecular weight is 330 g/mol. The third-order valence-electron chi connectivity index (χ3n) is 4.68. The van der Waals surface area contributed by atoms with E-state index in [4.69, 9.17) is 9.47 Å². The van der Waals surface area contributed by atoms with E-state index in [9.17, 15) is 19.8 Å². The van der Waals surface area contributed by atoms with Crippen molar-refractivity contribution in [2.24, 2.45) is 17.8 Å². The zero-order valence-electron chi connectivity index (χ0n) is 14.5. The van der Waals surface area contributed by atoms with Gasteiger partial charge in [0.1, 0.15) is 18.5 Å². The van der Waals surface area contributed by atoms with Crippen LogP contribution in [-0.4, -0.2) is 54.0 Å². The van der Waals surface area contributed by atoms with Crippen molar-refractivity contribution in [2.45, 2.75) is 64.8 Å². The zero-order chi connectivity index (χ0) is 17.6. The Morgan fingerprint density at radius 1 is 1.13 bits per heavy atom. The van der Waals surface area contributed by atoms with Gasteiger partial charge in [0.2, 0.25) is 0 Å². The van der Waals surface area contributed by atoms with Gasteiger partial charge >= 0.3 is 5.97 Å². The van der Waals surface area contributed by atoms with Crippen molar-refractivity contribution in [3.05, 3.63) is 0 Å². The number of hydrogen-bond donors (Lipinski definition) is 2. The van der Waals surface area contributed by atoms with Crippen LogP contribution in [0.5, 0.6) is 0 Å². The van der Waals surface area contributed by atoms with Gasteiger partial charge in [-0.05, 0) is 25.2 Å². The van der Waals surface area contributed by atoms with Crippen LogP contribution in [0.25, 0.3) is 0 Å². The highest BCUT2D eigenvalue weighted by atomic mass is 16.5. The largest absolute Gasteiger partial charge is 0.463 e. The quantitative estimate of drug-likeness (QED) is 0.704. The summed E-state index contributed by atoms with van der Waals surface area (Å²) in [5, 5.41) is 20.0. The van der Waals surface area contributed by atoms with E-state index in [0.29, 0.717) is 19.3 Å². The van der Waals surface area contributed by atoms with Gasteiger partial charge in [0.05, 0.1) is 18.1 Å². The molecule has 1 aliphatic heterocycles. The molecular formula is C17H30O6. The van der Waals surface area contributed by atoms with Crippen LogP contribution in [0.2, 0.25) is 0 Å². The highest BCUT2D eigenvalue weighted by Crippen LogP contribution is 2.23. The Bertz CT molecular complexity index is 397. The molecule has 0 aromatic rings. The van der Waals surface area contributed by atoms with E-state index in [0.717, 1.165) is 6.42 Å². The first kappa shape index (κ1) is 20.1. The highest BCUT2D eigenvalue weighted by molar-refractivity contribution is 5.81. The van der Waals surface area contributed by atoms with E-state index in [1.54, 1.807) is 21.0 Å². The lowest BCUT2D eigenvalue weighted by Crippen LogP contribution is -2.40. The second kappa shape index (κ2) is 9.35. The summed E-state index contributed by atoms with van der Waals surface area (Å²) >= 11 is 0. The van der Waals surface area contributed by atoms with E-state index in [2.05, 4.69) is 0 Å². The number of carbonyl (C=O) groups is 2. The molecule has 1 heterocycles. The summed E-state index contributed by atoms with van der Waals surface area (Å²) in [5.74, 6) is -1.25. The number of cyclic esters (lactones) is 1. The minimum absolute atomic E-state index is 0.0608. The Morgan fingerprint density at radius 3 is 2.39 bits per heavy atom. The molecule has 0 bridgehead atoms. The fourth-order valence-corrected chi connectivity index (χ4v) is 3.04. The molecule has 23 heavy (non-hydrogen) atoms. The zero-order valence-corrected chi connectivity index (χ0v) is 14.5. The van der Waals surface area contributed by atoms with Crippen molar-refractivity contribution in [1.82, 2.24) is 0 Å². The molecule has 0 aromatic carbocycles. The molecule has 0 aliphatic carbocycles. The maximum absolute atomic E-state index is 12.2. The second-order valence-corrected chi connectivity index (χ2v) is 6.82. The molecule has 0 amide bonds. The number of hydrogen-bond acceptors (Lipinski definition) is 6. The summed E-state index contributed by atoms with van der Waals surface area (Å²) in [7, 11) is 1.62. The molecule has 0 spiro atoms. The Morgan fingerprint density at radius 2 is 1.78 bits per heavy atom. The van der Waals surface area contributed by atoms with Crippen molar-refractivity contribution in [3.8, 4) is 0 Å². The first-order valence-electron chi connectivity index (χ1n) is 8.34. The Labute approximate surface area is 138 Å². The maximum atomic E-state index is 12.2. The van der Waals surface area contributed by atoms with Crippen LogP contribution >= 0.6 is 0 Å². The lowest BCUT2D eigenvalue weighted by molar-refractivity contribution is -0.155. The molecule has 134 valence electrons. The first-order chi connectivity index (χ1) is 10.8. The van der Waals surface area contributed by atoms with Crippen LogP contribution in [-0.2, 0) is 19.1 Å². The predicted molar refractivity (Wildman–Crippen MR) is 84.7 cm³/mol. The fraction of sp³-hybridized carbons (Fsp3) is 0.882. The van der Waals surface area contributed by atoms with Gasteiger partial charge in [0, 0.05) is 19.4 Å². The number of Topliss-reactive ketones (excluding diaryl/α,β-unsaturated/α-hetero) is 1. The number of aliphatic hydroxyl groups excluding tert-OH is 2. The Balaban J connectivity index is 2.84. The van der Waals surface area contributed by atoms with E-state index < -0.39 is 24.1 Å². The smallest absolute Gasteiger partial charge is 0.308 e. The van der Waals surface area contributed by atoms with Crippen LogP contribution in [0, 0.1) is 17.8 Å². The van der Waals surface area contributed by atoms with Gasteiger partial charge in [-0.2, -0.15) is 0 Å². The molecule has 1 saturated heterocycles. The molecule has 0 radical (unpaired) electrons. The van der Waals surface area contributed by atoms with E-state index >= 15 is 0 Å². The van der Waals surface area contributed by atoms with Gasteiger partial charge in [0.25, 0.3) is 0 Å². The number of ketones is 1. The van der Waals surface area contributed by atoms with Crippen molar-refractivity contribution in [1.29, 1.82) is 0 Å². The molecule has 6 heteroatoms. The van der Waals surface area contributed by atoms with Crippen LogP contribution in [0.15, 0.2) is 0 Å². The molecular weight excluding hydrogens is 300 g/mol. The standard InChI is InChI=1S/C17H30O6/c1-10-7-11(2)17(21)23-9-15(19)16(20)12(3)14(18)6-5-13(8-10)22-4/h10-13,15-16,19-20H,5-9H2,1-4H3/t10-,11?,12?,13?,15?,16?/m0/s1. The lowest BCUT2D eigenvalue weighted by atomic mass is 9.88. The summed E-state index contributed by atoms with van der Waals surface area (Å²) in [6.07, 6.45) is -0.272. The minimum atomic E-state index is -1.26. The van der Waals surface area contributed by atoms with Crippen molar-refractivity contribution in [3.63, 3.8) is 0 Å². The topological polar surface area (TPSA) is 93.1 Å². The number of carbonyl (C=O) groups excluding carboxylic acids is 2. The van der Waals surface area contributed by atoms with Crippen molar-refractivity contribution in [2.75, 3.05) is 13.7 Å². The molecule has 0 aromatic heterocycles. The highest BCUT2D eigenvalue weighted by Gasteiger charge is 2.30. The van der Waals surface area contributed by atoms with Gasteiger partial charge in [-0.15, -0.1) is 0 Å². The number of methoxy groups -OCH3 is 1. The average Bonchev–Trinajstić information content (AvgIpc) is 2.53. The number of ether oxygens (including phenoxy) is 2. The normalized spacial score (nSPS) is 38.7. The summed E-state index contributed by atoms with van der Waals surface area (Å²) < 4.78 is 10.5. The molecule has 1 rings (SSSR count). The fourth-order valence-electron chi connectivity index (χ4n) is 3.04. The van der Waals surface area contributed by atoms with Crippen molar-refractivity contribution < 1.29 is 29.3 Å². The van der Waals surface area contributed by atoms with Crippen LogP contribution in [0.3, 0.4) is 0 Å². The second-order valence-electron chi connectivity index (χ2n) is 6.82. The van der Waals surface area contributed by atoms with Crippen molar-refractivity contribution >= 4 is 11.8 Å². The summed E-state index contributed by atoms with van der Waals surface area (Å²) in [5.41, 5.74) is 0. The monoisotopic (exact) mass is 330 g/mol. The molecule has 1 fully saturated rings. The minimum Gasteiger partial charge on any atom is -0.463 e. The van der Waals surface area contributed by atoms with Gasteiger partial charge < -0.3 is 19.7 Å². The molecule has 2 N–H and O–H groups in total. The molecule has 1 aliphatic rings.